The van der Waals surface area contributed by atoms with Gasteiger partial charge < -0.3 is 10.2 Å². The van der Waals surface area contributed by atoms with E-state index in [1.54, 1.807) is 12.1 Å². The SMILES string of the molecule is CCCC(C)c1cc(O)c(C(C)CCC)cc1O. The van der Waals surface area contributed by atoms with Gasteiger partial charge in [-0.3, -0.25) is 0 Å². The van der Waals surface area contributed by atoms with Crippen molar-refractivity contribution in [1.29, 1.82) is 0 Å². The Morgan fingerprint density at radius 2 is 1.17 bits per heavy atom. The molecule has 0 fully saturated rings. The molecule has 0 aliphatic carbocycles. The average molecular weight is 250 g/mol. The van der Waals surface area contributed by atoms with Crippen LogP contribution < -0.4 is 0 Å². The van der Waals surface area contributed by atoms with E-state index in [1.165, 1.54) is 0 Å². The molecule has 2 N–H and O–H groups in total. The van der Waals surface area contributed by atoms with E-state index >= 15 is 0 Å². The Bertz CT molecular complexity index is 347. The molecule has 0 bridgehead atoms. The van der Waals surface area contributed by atoms with E-state index in [0.717, 1.165) is 36.8 Å². The Hall–Kier alpha value is -1.18. The third kappa shape index (κ3) is 3.41. The first-order valence-corrected chi connectivity index (χ1v) is 7.06. The van der Waals surface area contributed by atoms with Crippen LogP contribution in [0.15, 0.2) is 12.1 Å². The monoisotopic (exact) mass is 250 g/mol. The fourth-order valence-electron chi connectivity index (χ4n) is 2.58. The van der Waals surface area contributed by atoms with Crippen LogP contribution in [0.2, 0.25) is 0 Å². The summed E-state index contributed by atoms with van der Waals surface area (Å²) in [7, 11) is 0. The third-order valence-corrected chi connectivity index (χ3v) is 3.68. The van der Waals surface area contributed by atoms with Crippen molar-refractivity contribution < 1.29 is 10.2 Å². The lowest BCUT2D eigenvalue weighted by Crippen LogP contribution is -1.98. The van der Waals surface area contributed by atoms with Crippen LogP contribution in [0.1, 0.15) is 76.3 Å². The van der Waals surface area contributed by atoms with Crippen LogP contribution in [0.25, 0.3) is 0 Å². The zero-order valence-electron chi connectivity index (χ0n) is 12.0. The van der Waals surface area contributed by atoms with E-state index in [4.69, 9.17) is 0 Å². The van der Waals surface area contributed by atoms with Crippen molar-refractivity contribution in [2.45, 2.75) is 65.2 Å². The molecule has 0 aliphatic heterocycles. The fourth-order valence-corrected chi connectivity index (χ4v) is 2.58. The lowest BCUT2D eigenvalue weighted by molar-refractivity contribution is 0.437. The molecule has 18 heavy (non-hydrogen) atoms. The molecule has 0 radical (unpaired) electrons. The number of hydrogen-bond donors (Lipinski definition) is 2. The van der Waals surface area contributed by atoms with E-state index in [1.807, 2.05) is 0 Å². The molecule has 0 aliphatic rings. The third-order valence-electron chi connectivity index (χ3n) is 3.68. The average Bonchev–Trinajstić information content (AvgIpc) is 2.32. The molecule has 0 saturated carbocycles. The molecular formula is C16H26O2. The van der Waals surface area contributed by atoms with Gasteiger partial charge in [-0.1, -0.05) is 40.5 Å². The summed E-state index contributed by atoms with van der Waals surface area (Å²) in [5, 5.41) is 20.2. The Morgan fingerprint density at radius 1 is 0.833 bits per heavy atom. The lowest BCUT2D eigenvalue weighted by Gasteiger charge is -2.18. The van der Waals surface area contributed by atoms with Crippen LogP contribution in [0.5, 0.6) is 11.5 Å². The van der Waals surface area contributed by atoms with Crippen molar-refractivity contribution in [3.8, 4) is 11.5 Å². The van der Waals surface area contributed by atoms with E-state index < -0.39 is 0 Å². The number of phenolic OH excluding ortho intramolecular Hbond substituents is 2. The van der Waals surface area contributed by atoms with Crippen LogP contribution in [0.4, 0.5) is 0 Å². The minimum Gasteiger partial charge on any atom is -0.508 e. The molecule has 2 unspecified atom stereocenters. The van der Waals surface area contributed by atoms with Gasteiger partial charge in [-0.15, -0.1) is 0 Å². The van der Waals surface area contributed by atoms with Crippen LogP contribution in [0.3, 0.4) is 0 Å². The lowest BCUT2D eigenvalue weighted by atomic mass is 9.90. The van der Waals surface area contributed by atoms with Gasteiger partial charge in [-0.05, 0) is 36.8 Å². The van der Waals surface area contributed by atoms with Crippen LogP contribution in [-0.4, -0.2) is 10.2 Å². The fraction of sp³-hybridized carbons (Fsp3) is 0.625. The highest BCUT2D eigenvalue weighted by atomic mass is 16.3. The summed E-state index contributed by atoms with van der Waals surface area (Å²) in [4.78, 5) is 0. The Morgan fingerprint density at radius 3 is 1.44 bits per heavy atom. The second-order valence-corrected chi connectivity index (χ2v) is 5.35. The van der Waals surface area contributed by atoms with Gasteiger partial charge in [0, 0.05) is 11.1 Å². The highest BCUT2D eigenvalue weighted by Gasteiger charge is 2.16. The Balaban J connectivity index is 3.03. The predicted molar refractivity (Wildman–Crippen MR) is 76.4 cm³/mol. The molecule has 0 heterocycles. The highest BCUT2D eigenvalue weighted by molar-refractivity contribution is 5.47. The summed E-state index contributed by atoms with van der Waals surface area (Å²) < 4.78 is 0. The summed E-state index contributed by atoms with van der Waals surface area (Å²) in [6.45, 7) is 8.44. The molecular weight excluding hydrogens is 224 g/mol. The second-order valence-electron chi connectivity index (χ2n) is 5.35. The summed E-state index contributed by atoms with van der Waals surface area (Å²) >= 11 is 0. The van der Waals surface area contributed by atoms with E-state index in [-0.39, 0.29) is 11.8 Å². The van der Waals surface area contributed by atoms with E-state index in [2.05, 4.69) is 27.7 Å². The Labute approximate surface area is 111 Å². The van der Waals surface area contributed by atoms with Gasteiger partial charge in [-0.2, -0.15) is 0 Å². The molecule has 2 atom stereocenters. The van der Waals surface area contributed by atoms with Gasteiger partial charge >= 0.3 is 0 Å². The zero-order chi connectivity index (χ0) is 13.7. The summed E-state index contributed by atoms with van der Waals surface area (Å²) in [5.74, 6) is 1.23. The molecule has 0 spiro atoms. The smallest absolute Gasteiger partial charge is 0.119 e. The number of phenols is 2. The standard InChI is InChI=1S/C16H26O2/c1-5-7-11(3)13-9-16(18)14(10-15(13)17)12(4)8-6-2/h9-12,17-18H,5-8H2,1-4H3. The zero-order valence-corrected chi connectivity index (χ0v) is 12.0. The molecule has 0 saturated heterocycles. The van der Waals surface area contributed by atoms with Crippen molar-refractivity contribution in [3.63, 3.8) is 0 Å². The van der Waals surface area contributed by atoms with Crippen LogP contribution >= 0.6 is 0 Å². The van der Waals surface area contributed by atoms with Crippen molar-refractivity contribution in [2.24, 2.45) is 0 Å². The quantitative estimate of drug-likeness (QED) is 0.705. The van der Waals surface area contributed by atoms with E-state index in [9.17, 15) is 10.2 Å². The summed E-state index contributed by atoms with van der Waals surface area (Å²) in [6, 6.07) is 3.49. The minimum atomic E-state index is 0.288. The number of rotatable bonds is 6. The first-order valence-electron chi connectivity index (χ1n) is 7.06. The molecule has 1 aromatic carbocycles. The predicted octanol–water partition coefficient (Wildman–Crippen LogP) is 4.91. The van der Waals surface area contributed by atoms with Crippen molar-refractivity contribution in [1.82, 2.24) is 0 Å². The van der Waals surface area contributed by atoms with Crippen molar-refractivity contribution in [3.05, 3.63) is 23.3 Å². The number of aromatic hydroxyl groups is 2. The molecule has 102 valence electrons. The first-order chi connectivity index (χ1) is 8.51. The minimum absolute atomic E-state index is 0.288. The highest BCUT2D eigenvalue weighted by Crippen LogP contribution is 2.38. The second kappa shape index (κ2) is 6.67. The van der Waals surface area contributed by atoms with Gasteiger partial charge in [0.15, 0.2) is 0 Å². The van der Waals surface area contributed by atoms with E-state index in [0.29, 0.717) is 11.5 Å². The normalized spacial score (nSPS) is 14.4. The molecule has 0 amide bonds. The largest absolute Gasteiger partial charge is 0.508 e. The van der Waals surface area contributed by atoms with Gasteiger partial charge in [0.1, 0.15) is 11.5 Å². The number of hydrogen-bond acceptors (Lipinski definition) is 2. The summed E-state index contributed by atoms with van der Waals surface area (Å²) in [6.07, 6.45) is 4.21. The van der Waals surface area contributed by atoms with Crippen LogP contribution in [-0.2, 0) is 0 Å². The first kappa shape index (κ1) is 14.9. The Kier molecular flexibility index (Phi) is 5.52. The van der Waals surface area contributed by atoms with Gasteiger partial charge in [-0.25, -0.2) is 0 Å². The van der Waals surface area contributed by atoms with Gasteiger partial charge in [0.25, 0.3) is 0 Å². The topological polar surface area (TPSA) is 40.5 Å². The molecule has 2 nitrogen and oxygen atoms in total. The van der Waals surface area contributed by atoms with Gasteiger partial charge in [0.05, 0.1) is 0 Å². The molecule has 1 aromatic rings. The van der Waals surface area contributed by atoms with Gasteiger partial charge in [0.2, 0.25) is 0 Å². The molecule has 1 rings (SSSR count). The van der Waals surface area contributed by atoms with Crippen molar-refractivity contribution >= 4 is 0 Å². The number of benzene rings is 1. The maximum atomic E-state index is 10.1. The van der Waals surface area contributed by atoms with Crippen LogP contribution in [0, 0.1) is 0 Å². The molecule has 0 aromatic heterocycles. The molecule has 2 heteroatoms. The maximum Gasteiger partial charge on any atom is 0.119 e. The summed E-state index contributed by atoms with van der Waals surface area (Å²) in [5.41, 5.74) is 1.73. The maximum absolute atomic E-state index is 10.1. The van der Waals surface area contributed by atoms with Crippen molar-refractivity contribution in [2.75, 3.05) is 0 Å².